The molecule has 0 saturated heterocycles. The molecular weight excluding hydrogens is 216 g/mol. The number of non-ortho nitro benzene ring substituents is 1. The molecule has 0 aliphatic heterocycles. The third-order valence-corrected chi connectivity index (χ3v) is 2.58. The first-order valence-electron chi connectivity index (χ1n) is 5.71. The molecule has 0 amide bonds. The van der Waals surface area contributed by atoms with Gasteiger partial charge in [0.15, 0.2) is 0 Å². The lowest BCUT2D eigenvalue weighted by Gasteiger charge is -2.12. The van der Waals surface area contributed by atoms with Crippen molar-refractivity contribution in [3.05, 3.63) is 52.6 Å². The molecule has 92 valence electrons. The lowest BCUT2D eigenvalue weighted by atomic mass is 10.1. The molecule has 0 aliphatic rings. The van der Waals surface area contributed by atoms with Crippen LogP contribution in [-0.2, 0) is 6.54 Å². The summed E-state index contributed by atoms with van der Waals surface area (Å²) >= 11 is 0. The Morgan fingerprint density at radius 2 is 2.35 bits per heavy atom. The fraction of sp³-hybridized carbons (Fsp3) is 0.385. The van der Waals surface area contributed by atoms with Crippen LogP contribution in [0.25, 0.3) is 0 Å². The molecule has 1 unspecified atom stereocenters. The van der Waals surface area contributed by atoms with Crippen molar-refractivity contribution in [3.8, 4) is 0 Å². The number of hydrogen-bond donors (Lipinski definition) is 1. The predicted molar refractivity (Wildman–Crippen MR) is 68.8 cm³/mol. The second kappa shape index (κ2) is 6.81. The smallest absolute Gasteiger partial charge is 0.269 e. The summed E-state index contributed by atoms with van der Waals surface area (Å²) in [5, 5.41) is 13.9. The topological polar surface area (TPSA) is 55.2 Å². The van der Waals surface area contributed by atoms with E-state index in [9.17, 15) is 10.1 Å². The molecule has 4 heteroatoms. The van der Waals surface area contributed by atoms with Crippen LogP contribution in [0.2, 0.25) is 0 Å². The van der Waals surface area contributed by atoms with Gasteiger partial charge in [0, 0.05) is 24.7 Å². The highest BCUT2D eigenvalue weighted by Gasteiger charge is 2.06. The average molecular weight is 234 g/mol. The van der Waals surface area contributed by atoms with E-state index in [0.29, 0.717) is 12.6 Å². The minimum atomic E-state index is -0.370. The monoisotopic (exact) mass is 234 g/mol. The summed E-state index contributed by atoms with van der Waals surface area (Å²) in [7, 11) is 0. The van der Waals surface area contributed by atoms with Crippen molar-refractivity contribution in [3.63, 3.8) is 0 Å². The van der Waals surface area contributed by atoms with Crippen LogP contribution in [0.15, 0.2) is 36.9 Å². The first kappa shape index (κ1) is 13.4. The minimum absolute atomic E-state index is 0.142. The van der Waals surface area contributed by atoms with Gasteiger partial charge in [0.05, 0.1) is 4.92 Å². The summed E-state index contributed by atoms with van der Waals surface area (Å²) < 4.78 is 0. The highest BCUT2D eigenvalue weighted by molar-refractivity contribution is 5.34. The van der Waals surface area contributed by atoms with E-state index in [2.05, 4.69) is 18.8 Å². The van der Waals surface area contributed by atoms with Crippen molar-refractivity contribution < 1.29 is 4.92 Å². The van der Waals surface area contributed by atoms with Gasteiger partial charge >= 0.3 is 0 Å². The van der Waals surface area contributed by atoms with Crippen molar-refractivity contribution in [1.82, 2.24) is 5.32 Å². The maximum absolute atomic E-state index is 10.6. The number of hydrogen-bond acceptors (Lipinski definition) is 3. The Morgan fingerprint density at radius 1 is 1.59 bits per heavy atom. The van der Waals surface area contributed by atoms with Crippen LogP contribution in [0.5, 0.6) is 0 Å². The molecule has 17 heavy (non-hydrogen) atoms. The van der Waals surface area contributed by atoms with Crippen LogP contribution in [-0.4, -0.2) is 11.0 Å². The summed E-state index contributed by atoms with van der Waals surface area (Å²) in [6, 6.07) is 7.09. The van der Waals surface area contributed by atoms with Crippen LogP contribution in [0.4, 0.5) is 5.69 Å². The molecule has 0 heterocycles. The van der Waals surface area contributed by atoms with Gasteiger partial charge in [-0.05, 0) is 25.3 Å². The zero-order valence-electron chi connectivity index (χ0n) is 10.1. The van der Waals surface area contributed by atoms with Gasteiger partial charge in [-0.25, -0.2) is 0 Å². The van der Waals surface area contributed by atoms with Crippen LogP contribution < -0.4 is 5.32 Å². The van der Waals surface area contributed by atoms with Crippen molar-refractivity contribution in [2.45, 2.75) is 32.4 Å². The average Bonchev–Trinajstić information content (AvgIpc) is 2.34. The van der Waals surface area contributed by atoms with E-state index < -0.39 is 0 Å². The van der Waals surface area contributed by atoms with E-state index in [0.717, 1.165) is 18.4 Å². The third kappa shape index (κ3) is 4.78. The highest BCUT2D eigenvalue weighted by Crippen LogP contribution is 2.13. The largest absolute Gasteiger partial charge is 0.310 e. The molecular formula is C13H18N2O2. The number of nitrogens with zero attached hydrogens (tertiary/aromatic N) is 1. The van der Waals surface area contributed by atoms with Gasteiger partial charge in [-0.3, -0.25) is 10.1 Å². The second-order valence-corrected chi connectivity index (χ2v) is 4.07. The van der Waals surface area contributed by atoms with Crippen LogP contribution in [0, 0.1) is 10.1 Å². The van der Waals surface area contributed by atoms with Gasteiger partial charge in [0.25, 0.3) is 5.69 Å². The van der Waals surface area contributed by atoms with E-state index in [1.165, 1.54) is 6.07 Å². The molecule has 0 saturated carbocycles. The van der Waals surface area contributed by atoms with Crippen molar-refractivity contribution in [1.29, 1.82) is 0 Å². The maximum atomic E-state index is 10.6. The fourth-order valence-electron chi connectivity index (χ4n) is 1.54. The number of allylic oxidation sites excluding steroid dienone is 1. The van der Waals surface area contributed by atoms with Gasteiger partial charge < -0.3 is 5.32 Å². The van der Waals surface area contributed by atoms with E-state index in [1.807, 2.05) is 12.1 Å². The minimum Gasteiger partial charge on any atom is -0.310 e. The van der Waals surface area contributed by atoms with E-state index in [1.54, 1.807) is 12.1 Å². The quantitative estimate of drug-likeness (QED) is 0.448. The third-order valence-electron chi connectivity index (χ3n) is 2.58. The lowest BCUT2D eigenvalue weighted by molar-refractivity contribution is -0.384. The molecule has 1 atom stereocenters. The van der Waals surface area contributed by atoms with Gasteiger partial charge in [-0.1, -0.05) is 18.2 Å². The van der Waals surface area contributed by atoms with E-state index >= 15 is 0 Å². The highest BCUT2D eigenvalue weighted by atomic mass is 16.6. The Bertz CT molecular complexity index is 391. The van der Waals surface area contributed by atoms with Crippen LogP contribution >= 0.6 is 0 Å². The number of nitro benzene ring substituents is 1. The number of nitro groups is 1. The van der Waals surface area contributed by atoms with E-state index in [-0.39, 0.29) is 10.6 Å². The summed E-state index contributed by atoms with van der Waals surface area (Å²) in [4.78, 5) is 10.2. The lowest BCUT2D eigenvalue weighted by Crippen LogP contribution is -2.25. The van der Waals surface area contributed by atoms with Gasteiger partial charge in [0.1, 0.15) is 0 Å². The Morgan fingerprint density at radius 3 is 3.00 bits per heavy atom. The summed E-state index contributed by atoms with van der Waals surface area (Å²) in [5.74, 6) is 0. The Balaban J connectivity index is 2.48. The van der Waals surface area contributed by atoms with Crippen LogP contribution in [0.1, 0.15) is 25.3 Å². The van der Waals surface area contributed by atoms with Gasteiger partial charge in [-0.2, -0.15) is 0 Å². The molecule has 1 rings (SSSR count). The summed E-state index contributed by atoms with van der Waals surface area (Å²) in [6.07, 6.45) is 3.90. The number of benzene rings is 1. The standard InChI is InChI=1S/C13H18N2O2/c1-3-4-6-11(2)14-10-12-7-5-8-13(9-12)15(16)17/h3,5,7-9,11,14H,1,4,6,10H2,2H3. The molecule has 0 bridgehead atoms. The Hall–Kier alpha value is -1.68. The zero-order chi connectivity index (χ0) is 12.7. The molecule has 0 fully saturated rings. The van der Waals surface area contributed by atoms with Gasteiger partial charge in [0.2, 0.25) is 0 Å². The molecule has 0 spiro atoms. The Labute approximate surface area is 101 Å². The molecule has 1 aromatic carbocycles. The first-order valence-corrected chi connectivity index (χ1v) is 5.71. The van der Waals surface area contributed by atoms with Gasteiger partial charge in [-0.15, -0.1) is 6.58 Å². The summed E-state index contributed by atoms with van der Waals surface area (Å²) in [5.41, 5.74) is 1.08. The molecule has 4 nitrogen and oxygen atoms in total. The van der Waals surface area contributed by atoms with Crippen LogP contribution in [0.3, 0.4) is 0 Å². The summed E-state index contributed by atoms with van der Waals surface area (Å²) in [6.45, 7) is 6.43. The second-order valence-electron chi connectivity index (χ2n) is 4.07. The zero-order valence-corrected chi connectivity index (χ0v) is 10.1. The number of nitrogens with one attached hydrogen (secondary N) is 1. The van der Waals surface area contributed by atoms with E-state index in [4.69, 9.17) is 0 Å². The van der Waals surface area contributed by atoms with Crippen molar-refractivity contribution in [2.24, 2.45) is 0 Å². The molecule has 0 aromatic heterocycles. The molecule has 1 aromatic rings. The van der Waals surface area contributed by atoms with Crippen molar-refractivity contribution in [2.75, 3.05) is 0 Å². The SMILES string of the molecule is C=CCCC(C)NCc1cccc([N+](=O)[O-])c1. The molecule has 0 radical (unpaired) electrons. The molecule has 1 N–H and O–H groups in total. The predicted octanol–water partition coefficient (Wildman–Crippen LogP) is 3.04. The number of rotatable bonds is 7. The maximum Gasteiger partial charge on any atom is 0.269 e. The normalized spacial score (nSPS) is 12.1. The first-order chi connectivity index (χ1) is 8.13. The molecule has 0 aliphatic carbocycles. The Kier molecular flexibility index (Phi) is 5.36. The fourth-order valence-corrected chi connectivity index (χ4v) is 1.54. The van der Waals surface area contributed by atoms with Crippen molar-refractivity contribution >= 4 is 5.69 Å².